The molecule has 3 aromatic rings. The molecular formula is C15H14BrN5. The smallest absolute Gasteiger partial charge is 0.182 e. The molecule has 5 nitrogen and oxygen atoms in total. The molecule has 0 atom stereocenters. The quantitative estimate of drug-likeness (QED) is 0.790. The van der Waals surface area contributed by atoms with Crippen LogP contribution in [0.1, 0.15) is 24.5 Å². The maximum Gasteiger partial charge on any atom is 0.182 e. The van der Waals surface area contributed by atoms with Gasteiger partial charge in [0.1, 0.15) is 17.2 Å². The first kappa shape index (κ1) is 12.8. The van der Waals surface area contributed by atoms with E-state index in [-0.39, 0.29) is 0 Å². The van der Waals surface area contributed by atoms with Gasteiger partial charge in [0.2, 0.25) is 0 Å². The van der Waals surface area contributed by atoms with E-state index in [1.54, 1.807) is 0 Å². The van der Waals surface area contributed by atoms with Gasteiger partial charge in [-0.05, 0) is 40.9 Å². The first-order valence-corrected chi connectivity index (χ1v) is 7.75. The molecule has 0 radical (unpaired) electrons. The number of pyridine rings is 1. The normalized spacial score (nSPS) is 14.6. The molecule has 0 bridgehead atoms. The number of rotatable bonds is 3. The predicted octanol–water partition coefficient (Wildman–Crippen LogP) is 3.47. The second kappa shape index (κ2) is 4.80. The molecule has 6 heteroatoms. The van der Waals surface area contributed by atoms with E-state index in [4.69, 9.17) is 4.98 Å². The van der Waals surface area contributed by atoms with Gasteiger partial charge in [0.15, 0.2) is 5.82 Å². The lowest BCUT2D eigenvalue weighted by molar-refractivity contribution is 0.976. The lowest BCUT2D eigenvalue weighted by atomic mass is 10.2. The third-order valence-corrected chi connectivity index (χ3v) is 4.45. The summed E-state index contributed by atoms with van der Waals surface area (Å²) in [5.74, 6) is 2.04. The first-order chi connectivity index (χ1) is 10.3. The SMILES string of the molecule is CNc1nc(-c2cn3ccccc3n2)nc(C2CC2)c1Br. The van der Waals surface area contributed by atoms with E-state index in [0.717, 1.165) is 27.3 Å². The van der Waals surface area contributed by atoms with Gasteiger partial charge in [-0.15, -0.1) is 0 Å². The van der Waals surface area contributed by atoms with Crippen LogP contribution in [-0.4, -0.2) is 26.4 Å². The van der Waals surface area contributed by atoms with Crippen molar-refractivity contribution in [3.05, 3.63) is 40.8 Å². The third kappa shape index (κ3) is 2.19. The van der Waals surface area contributed by atoms with Gasteiger partial charge in [0.25, 0.3) is 0 Å². The maximum absolute atomic E-state index is 4.73. The number of hydrogen-bond donors (Lipinski definition) is 1. The number of aromatic nitrogens is 4. The highest BCUT2D eigenvalue weighted by Crippen LogP contribution is 2.44. The molecule has 21 heavy (non-hydrogen) atoms. The number of hydrogen-bond acceptors (Lipinski definition) is 4. The molecule has 1 saturated carbocycles. The Kier molecular flexibility index (Phi) is 2.92. The Morgan fingerprint density at radius 1 is 1.24 bits per heavy atom. The Hall–Kier alpha value is -1.95. The van der Waals surface area contributed by atoms with Crippen LogP contribution in [0.15, 0.2) is 35.1 Å². The fourth-order valence-electron chi connectivity index (χ4n) is 2.41. The van der Waals surface area contributed by atoms with Crippen LogP contribution in [0.3, 0.4) is 0 Å². The van der Waals surface area contributed by atoms with Crippen molar-refractivity contribution in [2.24, 2.45) is 0 Å². The average Bonchev–Trinajstić information content (AvgIpc) is 3.25. The zero-order chi connectivity index (χ0) is 14.4. The Labute approximate surface area is 130 Å². The van der Waals surface area contributed by atoms with Gasteiger partial charge in [0.05, 0.1) is 10.2 Å². The summed E-state index contributed by atoms with van der Waals surface area (Å²) in [4.78, 5) is 13.9. The van der Waals surface area contributed by atoms with Gasteiger partial charge in [-0.3, -0.25) is 0 Å². The maximum atomic E-state index is 4.73. The zero-order valence-electron chi connectivity index (χ0n) is 11.5. The molecule has 3 aromatic heterocycles. The molecule has 106 valence electrons. The van der Waals surface area contributed by atoms with E-state index >= 15 is 0 Å². The van der Waals surface area contributed by atoms with Crippen LogP contribution in [0.25, 0.3) is 17.2 Å². The number of nitrogens with zero attached hydrogens (tertiary/aromatic N) is 4. The molecule has 3 heterocycles. The van der Waals surface area contributed by atoms with Gasteiger partial charge in [-0.25, -0.2) is 15.0 Å². The topological polar surface area (TPSA) is 55.1 Å². The molecular weight excluding hydrogens is 330 g/mol. The summed E-state index contributed by atoms with van der Waals surface area (Å²) < 4.78 is 2.95. The van der Waals surface area contributed by atoms with Gasteiger partial charge in [-0.2, -0.15) is 0 Å². The van der Waals surface area contributed by atoms with Crippen LogP contribution in [0.5, 0.6) is 0 Å². The van der Waals surface area contributed by atoms with Crippen molar-refractivity contribution in [2.45, 2.75) is 18.8 Å². The molecule has 1 fully saturated rings. The minimum Gasteiger partial charge on any atom is -0.372 e. The lowest BCUT2D eigenvalue weighted by Gasteiger charge is -2.09. The molecule has 1 N–H and O–H groups in total. The lowest BCUT2D eigenvalue weighted by Crippen LogP contribution is -2.02. The predicted molar refractivity (Wildman–Crippen MR) is 85.4 cm³/mol. The molecule has 1 aliphatic carbocycles. The Morgan fingerprint density at radius 2 is 2.10 bits per heavy atom. The minimum absolute atomic E-state index is 0.547. The van der Waals surface area contributed by atoms with Crippen LogP contribution in [0.4, 0.5) is 5.82 Å². The third-order valence-electron chi connectivity index (χ3n) is 3.67. The molecule has 0 aromatic carbocycles. The zero-order valence-corrected chi connectivity index (χ0v) is 13.1. The summed E-state index contributed by atoms with van der Waals surface area (Å²) in [6, 6.07) is 5.93. The van der Waals surface area contributed by atoms with E-state index in [2.05, 4.69) is 31.2 Å². The van der Waals surface area contributed by atoms with Crippen molar-refractivity contribution in [1.82, 2.24) is 19.4 Å². The van der Waals surface area contributed by atoms with Crippen molar-refractivity contribution in [2.75, 3.05) is 12.4 Å². The van der Waals surface area contributed by atoms with E-state index in [9.17, 15) is 0 Å². The summed E-state index contributed by atoms with van der Waals surface area (Å²) in [7, 11) is 1.87. The number of fused-ring (bicyclic) bond motifs is 1. The molecule has 0 unspecified atom stereocenters. The number of imidazole rings is 1. The highest BCUT2D eigenvalue weighted by atomic mass is 79.9. The van der Waals surface area contributed by atoms with Crippen LogP contribution in [0.2, 0.25) is 0 Å². The highest BCUT2D eigenvalue weighted by Gasteiger charge is 2.29. The van der Waals surface area contributed by atoms with Crippen molar-refractivity contribution in [1.29, 1.82) is 0 Å². The van der Waals surface area contributed by atoms with Gasteiger partial charge in [-0.1, -0.05) is 6.07 Å². The molecule has 1 aliphatic rings. The molecule has 0 spiro atoms. The van der Waals surface area contributed by atoms with Crippen molar-refractivity contribution < 1.29 is 0 Å². The van der Waals surface area contributed by atoms with E-state index in [0.29, 0.717) is 11.7 Å². The summed E-state index contributed by atoms with van der Waals surface area (Å²) >= 11 is 3.61. The van der Waals surface area contributed by atoms with Crippen LogP contribution in [0, 0.1) is 0 Å². The average molecular weight is 344 g/mol. The first-order valence-electron chi connectivity index (χ1n) is 6.95. The van der Waals surface area contributed by atoms with Crippen molar-refractivity contribution in [3.63, 3.8) is 0 Å². The Bertz CT molecular complexity index is 789. The van der Waals surface area contributed by atoms with E-state index in [1.165, 1.54) is 12.8 Å². The summed E-state index contributed by atoms with van der Waals surface area (Å²) in [6.45, 7) is 0. The van der Waals surface area contributed by atoms with Gasteiger partial charge < -0.3 is 9.72 Å². The molecule has 0 amide bonds. The van der Waals surface area contributed by atoms with Crippen LogP contribution >= 0.6 is 15.9 Å². The second-order valence-electron chi connectivity index (χ2n) is 5.21. The summed E-state index contributed by atoms with van der Waals surface area (Å²) in [5.41, 5.74) is 2.78. The summed E-state index contributed by atoms with van der Waals surface area (Å²) in [5, 5.41) is 3.13. The number of halogens is 1. The molecule has 4 rings (SSSR count). The largest absolute Gasteiger partial charge is 0.372 e. The fraction of sp³-hybridized carbons (Fsp3) is 0.267. The number of anilines is 1. The van der Waals surface area contributed by atoms with E-state index in [1.807, 2.05) is 42.0 Å². The molecule has 0 aliphatic heterocycles. The molecule has 0 saturated heterocycles. The summed E-state index contributed by atoms with van der Waals surface area (Å²) in [6.07, 6.45) is 6.34. The number of nitrogens with one attached hydrogen (secondary N) is 1. The minimum atomic E-state index is 0.547. The second-order valence-corrected chi connectivity index (χ2v) is 6.00. The van der Waals surface area contributed by atoms with Crippen molar-refractivity contribution >= 4 is 27.4 Å². The van der Waals surface area contributed by atoms with Crippen molar-refractivity contribution in [3.8, 4) is 11.5 Å². The van der Waals surface area contributed by atoms with Crippen LogP contribution < -0.4 is 5.32 Å². The highest BCUT2D eigenvalue weighted by molar-refractivity contribution is 9.10. The van der Waals surface area contributed by atoms with Crippen LogP contribution in [-0.2, 0) is 0 Å². The Morgan fingerprint density at radius 3 is 2.81 bits per heavy atom. The monoisotopic (exact) mass is 343 g/mol. The Balaban J connectivity index is 1.88. The fourth-order valence-corrected chi connectivity index (χ4v) is 3.11. The van der Waals surface area contributed by atoms with Gasteiger partial charge in [0, 0.05) is 25.4 Å². The van der Waals surface area contributed by atoms with E-state index < -0.39 is 0 Å². The standard InChI is InChI=1S/C15H14BrN5/c1-17-15-12(16)13(9-5-6-9)19-14(20-15)10-8-21-7-3-2-4-11(21)18-10/h2-4,7-9H,5-6H2,1H3,(H,17,19,20). The van der Waals surface area contributed by atoms with Gasteiger partial charge >= 0.3 is 0 Å².